The number of hydrogen-bond donors (Lipinski definition) is 0. The van der Waals surface area contributed by atoms with Gasteiger partial charge in [0.1, 0.15) is 12.4 Å². The largest absolute Gasteiger partial charge is 0.491 e. The van der Waals surface area contributed by atoms with E-state index in [1.807, 2.05) is 23.1 Å². The zero-order valence-electron chi connectivity index (χ0n) is 19.7. The molecular formula is C29H33NO3. The molecule has 1 heterocycles. The maximum atomic E-state index is 13.2. The summed E-state index contributed by atoms with van der Waals surface area (Å²) in [5.74, 6) is 1.05. The molecule has 0 aromatic heterocycles. The molecule has 0 atom stereocenters. The number of rotatable bonds is 3. The van der Waals surface area contributed by atoms with E-state index in [0.29, 0.717) is 39.3 Å². The standard InChI is InChI=1S/C29H33NO3/c1-3-23-11-12-28-27(18-23)19-24-8-6-9-25(17-24)21-30(13-14-32-15-16-33-28)29(31)20-26-10-5-4-7-22(26)2/h4-12,17-18H,3,13-16,19-21H2,1-2H3. The summed E-state index contributed by atoms with van der Waals surface area (Å²) in [6.45, 7) is 6.86. The normalized spacial score (nSPS) is 14.7. The Balaban J connectivity index is 1.58. The molecule has 3 aromatic carbocycles. The molecule has 0 unspecified atom stereocenters. The lowest BCUT2D eigenvalue weighted by Crippen LogP contribution is -2.35. The van der Waals surface area contributed by atoms with Gasteiger partial charge in [-0.3, -0.25) is 4.79 Å². The number of nitrogens with zero attached hydrogens (tertiary/aromatic N) is 1. The molecule has 0 radical (unpaired) electrons. The summed E-state index contributed by atoms with van der Waals surface area (Å²) >= 11 is 0. The van der Waals surface area contributed by atoms with Crippen molar-refractivity contribution in [1.29, 1.82) is 0 Å². The van der Waals surface area contributed by atoms with E-state index in [-0.39, 0.29) is 5.91 Å². The predicted molar refractivity (Wildman–Crippen MR) is 132 cm³/mol. The second kappa shape index (κ2) is 11.2. The van der Waals surface area contributed by atoms with Gasteiger partial charge in [-0.05, 0) is 52.8 Å². The summed E-state index contributed by atoms with van der Waals surface area (Å²) < 4.78 is 11.9. The lowest BCUT2D eigenvalue weighted by Gasteiger charge is -2.24. The van der Waals surface area contributed by atoms with Crippen molar-refractivity contribution in [3.63, 3.8) is 0 Å². The predicted octanol–water partition coefficient (Wildman–Crippen LogP) is 5.13. The van der Waals surface area contributed by atoms with Crippen LogP contribution in [0.15, 0.2) is 66.7 Å². The van der Waals surface area contributed by atoms with E-state index in [2.05, 4.69) is 62.4 Å². The first kappa shape index (κ1) is 23.1. The van der Waals surface area contributed by atoms with E-state index in [0.717, 1.165) is 35.3 Å². The summed E-state index contributed by atoms with van der Waals surface area (Å²) in [6, 6.07) is 23.1. The second-order valence-corrected chi connectivity index (χ2v) is 8.67. The van der Waals surface area contributed by atoms with Crippen molar-refractivity contribution >= 4 is 5.91 Å². The van der Waals surface area contributed by atoms with Crippen molar-refractivity contribution < 1.29 is 14.3 Å². The molecule has 4 nitrogen and oxygen atoms in total. The SMILES string of the molecule is CCc1ccc2c(c1)Cc1cccc(c1)CN(C(=O)Cc1ccccc1C)CCOCCO2. The third-order valence-electron chi connectivity index (χ3n) is 6.24. The van der Waals surface area contributed by atoms with Crippen molar-refractivity contribution in [1.82, 2.24) is 4.90 Å². The highest BCUT2D eigenvalue weighted by Crippen LogP contribution is 2.25. The topological polar surface area (TPSA) is 38.8 Å². The van der Waals surface area contributed by atoms with Gasteiger partial charge in [0.2, 0.25) is 5.91 Å². The first-order valence-corrected chi connectivity index (χ1v) is 11.8. The van der Waals surface area contributed by atoms with Gasteiger partial charge in [-0.15, -0.1) is 0 Å². The Morgan fingerprint density at radius 1 is 0.939 bits per heavy atom. The Kier molecular flexibility index (Phi) is 7.79. The number of carbonyl (C=O) groups is 1. The van der Waals surface area contributed by atoms with Crippen LogP contribution in [0.25, 0.3) is 0 Å². The van der Waals surface area contributed by atoms with Gasteiger partial charge in [0, 0.05) is 19.5 Å². The molecule has 0 saturated heterocycles. The Morgan fingerprint density at radius 3 is 2.64 bits per heavy atom. The molecule has 0 fully saturated rings. The molecule has 4 rings (SSSR count). The van der Waals surface area contributed by atoms with Crippen molar-refractivity contribution in [2.24, 2.45) is 0 Å². The van der Waals surface area contributed by atoms with Gasteiger partial charge < -0.3 is 14.4 Å². The van der Waals surface area contributed by atoms with Crippen LogP contribution in [0.5, 0.6) is 5.75 Å². The highest BCUT2D eigenvalue weighted by Gasteiger charge is 2.17. The van der Waals surface area contributed by atoms with E-state index in [9.17, 15) is 4.79 Å². The van der Waals surface area contributed by atoms with Crippen LogP contribution in [-0.2, 0) is 35.3 Å². The molecule has 3 aromatic rings. The smallest absolute Gasteiger partial charge is 0.227 e. The molecule has 172 valence electrons. The van der Waals surface area contributed by atoms with Crippen molar-refractivity contribution in [2.75, 3.05) is 26.4 Å². The van der Waals surface area contributed by atoms with Gasteiger partial charge in [-0.1, -0.05) is 67.6 Å². The summed E-state index contributed by atoms with van der Waals surface area (Å²) in [7, 11) is 0. The van der Waals surface area contributed by atoms with E-state index in [1.165, 1.54) is 16.7 Å². The van der Waals surface area contributed by atoms with E-state index < -0.39 is 0 Å². The van der Waals surface area contributed by atoms with Crippen molar-refractivity contribution in [3.05, 3.63) is 100 Å². The van der Waals surface area contributed by atoms with Gasteiger partial charge in [0.25, 0.3) is 0 Å². The van der Waals surface area contributed by atoms with Gasteiger partial charge in [0.05, 0.1) is 19.6 Å². The Hall–Kier alpha value is -3.11. The van der Waals surface area contributed by atoms with Crippen LogP contribution in [0.2, 0.25) is 0 Å². The van der Waals surface area contributed by atoms with Crippen molar-refractivity contribution in [2.45, 2.75) is 39.7 Å². The van der Waals surface area contributed by atoms with Gasteiger partial charge in [0.15, 0.2) is 0 Å². The molecule has 2 bridgehead atoms. The fraction of sp³-hybridized carbons (Fsp3) is 0.345. The van der Waals surface area contributed by atoms with Crippen LogP contribution in [0, 0.1) is 6.92 Å². The molecule has 0 saturated carbocycles. The number of carbonyl (C=O) groups excluding carboxylic acids is 1. The Bertz CT molecular complexity index is 1090. The molecule has 0 N–H and O–H groups in total. The lowest BCUT2D eigenvalue weighted by atomic mass is 9.99. The molecule has 4 heteroatoms. The third kappa shape index (κ3) is 6.23. The number of aryl methyl sites for hydroxylation is 2. The van der Waals surface area contributed by atoms with Gasteiger partial charge in [-0.2, -0.15) is 0 Å². The minimum atomic E-state index is 0.125. The summed E-state index contributed by atoms with van der Waals surface area (Å²) in [5.41, 5.74) is 7.08. The highest BCUT2D eigenvalue weighted by molar-refractivity contribution is 5.79. The maximum absolute atomic E-state index is 13.2. The zero-order chi connectivity index (χ0) is 23.0. The highest BCUT2D eigenvalue weighted by atomic mass is 16.5. The average Bonchev–Trinajstić information content (AvgIpc) is 2.82. The number of hydrogen-bond acceptors (Lipinski definition) is 3. The molecule has 0 spiro atoms. The quantitative estimate of drug-likeness (QED) is 0.563. The summed E-state index contributed by atoms with van der Waals surface area (Å²) in [5, 5.41) is 0. The molecule has 33 heavy (non-hydrogen) atoms. The molecule has 0 aliphatic carbocycles. The van der Waals surface area contributed by atoms with Crippen LogP contribution in [0.1, 0.15) is 40.3 Å². The van der Waals surface area contributed by atoms with Crippen LogP contribution in [0.4, 0.5) is 0 Å². The minimum absolute atomic E-state index is 0.125. The summed E-state index contributed by atoms with van der Waals surface area (Å²) in [6.07, 6.45) is 2.20. The summed E-state index contributed by atoms with van der Waals surface area (Å²) in [4.78, 5) is 15.2. The molecule has 1 aliphatic rings. The maximum Gasteiger partial charge on any atom is 0.227 e. The van der Waals surface area contributed by atoms with Crippen LogP contribution in [-0.4, -0.2) is 37.2 Å². The van der Waals surface area contributed by atoms with Gasteiger partial charge in [-0.25, -0.2) is 0 Å². The average molecular weight is 444 g/mol. The lowest BCUT2D eigenvalue weighted by molar-refractivity contribution is -0.132. The second-order valence-electron chi connectivity index (χ2n) is 8.67. The Labute approximate surface area is 197 Å². The van der Waals surface area contributed by atoms with Crippen LogP contribution in [0.3, 0.4) is 0 Å². The van der Waals surface area contributed by atoms with E-state index in [1.54, 1.807) is 0 Å². The zero-order valence-corrected chi connectivity index (χ0v) is 19.7. The fourth-order valence-electron chi connectivity index (χ4n) is 4.27. The number of ether oxygens (including phenoxy) is 2. The molecule has 1 amide bonds. The first-order chi connectivity index (χ1) is 16.1. The monoisotopic (exact) mass is 443 g/mol. The van der Waals surface area contributed by atoms with Crippen LogP contribution < -0.4 is 4.74 Å². The van der Waals surface area contributed by atoms with E-state index in [4.69, 9.17) is 9.47 Å². The van der Waals surface area contributed by atoms with Gasteiger partial charge >= 0.3 is 0 Å². The van der Waals surface area contributed by atoms with Crippen molar-refractivity contribution in [3.8, 4) is 5.75 Å². The van der Waals surface area contributed by atoms with Crippen LogP contribution >= 0.6 is 0 Å². The Morgan fingerprint density at radius 2 is 1.79 bits per heavy atom. The first-order valence-electron chi connectivity index (χ1n) is 11.8. The van der Waals surface area contributed by atoms with E-state index >= 15 is 0 Å². The number of amides is 1. The number of fused-ring (bicyclic) bond motifs is 3. The fourth-order valence-corrected chi connectivity index (χ4v) is 4.27. The molecule has 1 aliphatic heterocycles. The molecular weight excluding hydrogens is 410 g/mol. The number of benzene rings is 3. The minimum Gasteiger partial charge on any atom is -0.491 e. The third-order valence-corrected chi connectivity index (χ3v) is 6.24.